The highest BCUT2D eigenvalue weighted by molar-refractivity contribution is 8.17. The summed E-state index contributed by atoms with van der Waals surface area (Å²) in [6, 6.07) is 0. The van der Waals surface area contributed by atoms with E-state index in [9.17, 15) is 0 Å². The third-order valence-electron chi connectivity index (χ3n) is 3.68. The summed E-state index contributed by atoms with van der Waals surface area (Å²) in [6.07, 6.45) is 1.19. The molecule has 0 saturated carbocycles. The molecule has 3 rings (SSSR count). The Labute approximate surface area is 129 Å². The van der Waals surface area contributed by atoms with Gasteiger partial charge in [0.2, 0.25) is 0 Å². The van der Waals surface area contributed by atoms with E-state index in [4.69, 9.17) is 18.9 Å². The van der Waals surface area contributed by atoms with Crippen LogP contribution < -0.4 is 0 Å². The van der Waals surface area contributed by atoms with Crippen molar-refractivity contribution in [3.05, 3.63) is 0 Å². The zero-order valence-corrected chi connectivity index (χ0v) is 14.2. The molecule has 4 nitrogen and oxygen atoms in total. The van der Waals surface area contributed by atoms with E-state index in [1.807, 2.05) is 51.2 Å². The molecule has 116 valence electrons. The molecule has 0 amide bonds. The molecule has 3 aliphatic rings. The molecule has 0 aromatic rings. The molecule has 0 spiro atoms. The van der Waals surface area contributed by atoms with Gasteiger partial charge in [-0.2, -0.15) is 0 Å². The lowest BCUT2D eigenvalue weighted by Crippen LogP contribution is -2.45. The summed E-state index contributed by atoms with van der Waals surface area (Å²) >= 11 is 3.95. The zero-order chi connectivity index (χ0) is 14.4. The molecule has 20 heavy (non-hydrogen) atoms. The van der Waals surface area contributed by atoms with Gasteiger partial charge in [-0.15, -0.1) is 23.5 Å². The number of hydrogen-bond donors (Lipinski definition) is 0. The highest BCUT2D eigenvalue weighted by Crippen LogP contribution is 2.43. The minimum absolute atomic E-state index is 0.00887. The standard InChI is InChI=1S/C14H24O4S2/c1-13(2)15-8-9-10(17-14(3,4)16-9)11(18-13)12-19-6-5-7-20-12/h9-12H,5-8H2,1-4H3/t9-,10-,11-/m1/s1. The van der Waals surface area contributed by atoms with Crippen molar-refractivity contribution in [1.82, 2.24) is 0 Å². The van der Waals surface area contributed by atoms with Gasteiger partial charge in [-0.1, -0.05) is 0 Å². The summed E-state index contributed by atoms with van der Waals surface area (Å²) in [6.45, 7) is 8.41. The molecule has 3 aliphatic heterocycles. The monoisotopic (exact) mass is 320 g/mol. The highest BCUT2D eigenvalue weighted by atomic mass is 32.2. The average Bonchev–Trinajstić information content (AvgIpc) is 2.64. The Morgan fingerprint density at radius 2 is 1.50 bits per heavy atom. The number of rotatable bonds is 1. The van der Waals surface area contributed by atoms with Gasteiger partial charge >= 0.3 is 0 Å². The van der Waals surface area contributed by atoms with Crippen molar-refractivity contribution in [3.63, 3.8) is 0 Å². The van der Waals surface area contributed by atoms with E-state index in [-0.39, 0.29) is 18.3 Å². The lowest BCUT2D eigenvalue weighted by Gasteiger charge is -2.36. The quantitative estimate of drug-likeness (QED) is 0.739. The van der Waals surface area contributed by atoms with Gasteiger partial charge in [-0.05, 0) is 45.6 Å². The first kappa shape index (κ1) is 15.4. The molecule has 0 aromatic carbocycles. The summed E-state index contributed by atoms with van der Waals surface area (Å²) in [7, 11) is 0. The van der Waals surface area contributed by atoms with Crippen LogP contribution in [0.4, 0.5) is 0 Å². The Hall–Kier alpha value is 0.540. The second kappa shape index (κ2) is 5.63. The molecular formula is C14H24O4S2. The second-order valence-electron chi connectivity index (χ2n) is 6.40. The minimum atomic E-state index is -0.579. The molecule has 0 N–H and O–H groups in total. The maximum absolute atomic E-state index is 6.28. The predicted octanol–water partition coefficient (Wildman–Crippen LogP) is 2.85. The molecule has 0 aliphatic carbocycles. The number of ether oxygens (including phenoxy) is 4. The summed E-state index contributed by atoms with van der Waals surface area (Å²) < 4.78 is 24.7. The molecule has 3 heterocycles. The van der Waals surface area contributed by atoms with Gasteiger partial charge in [0.15, 0.2) is 11.6 Å². The van der Waals surface area contributed by atoms with Crippen LogP contribution in [0.1, 0.15) is 34.1 Å². The first-order chi connectivity index (χ1) is 9.36. The molecule has 6 heteroatoms. The minimum Gasteiger partial charge on any atom is -0.348 e. The lowest BCUT2D eigenvalue weighted by atomic mass is 10.1. The van der Waals surface area contributed by atoms with Gasteiger partial charge in [-0.3, -0.25) is 0 Å². The van der Waals surface area contributed by atoms with Crippen molar-refractivity contribution in [2.45, 2.75) is 68.6 Å². The van der Waals surface area contributed by atoms with E-state index in [1.165, 1.54) is 17.9 Å². The second-order valence-corrected chi connectivity index (χ2v) is 9.19. The van der Waals surface area contributed by atoms with Crippen molar-refractivity contribution < 1.29 is 18.9 Å². The molecule has 0 unspecified atom stereocenters. The Morgan fingerprint density at radius 3 is 2.20 bits per heavy atom. The maximum Gasteiger partial charge on any atom is 0.164 e. The van der Waals surface area contributed by atoms with Gasteiger partial charge in [0, 0.05) is 0 Å². The van der Waals surface area contributed by atoms with Crippen LogP contribution in [0.25, 0.3) is 0 Å². The topological polar surface area (TPSA) is 36.9 Å². The van der Waals surface area contributed by atoms with E-state index in [0.29, 0.717) is 11.2 Å². The largest absolute Gasteiger partial charge is 0.348 e. The molecule has 0 bridgehead atoms. The van der Waals surface area contributed by atoms with E-state index in [1.54, 1.807) is 0 Å². The van der Waals surface area contributed by atoms with E-state index >= 15 is 0 Å². The van der Waals surface area contributed by atoms with Gasteiger partial charge < -0.3 is 18.9 Å². The number of thioether (sulfide) groups is 2. The van der Waals surface area contributed by atoms with Crippen molar-refractivity contribution in [2.75, 3.05) is 18.1 Å². The summed E-state index contributed by atoms with van der Waals surface area (Å²) in [5.74, 6) is 1.26. The highest BCUT2D eigenvalue weighted by Gasteiger charge is 2.52. The van der Waals surface area contributed by atoms with Crippen LogP contribution in [0.15, 0.2) is 0 Å². The van der Waals surface area contributed by atoms with Crippen LogP contribution >= 0.6 is 23.5 Å². The summed E-state index contributed by atoms with van der Waals surface area (Å²) in [4.78, 5) is 0. The zero-order valence-electron chi connectivity index (χ0n) is 12.6. The average molecular weight is 320 g/mol. The Morgan fingerprint density at radius 1 is 0.850 bits per heavy atom. The van der Waals surface area contributed by atoms with Crippen LogP contribution in [0.3, 0.4) is 0 Å². The molecule has 0 radical (unpaired) electrons. The fraction of sp³-hybridized carbons (Fsp3) is 1.00. The first-order valence-electron chi connectivity index (χ1n) is 7.27. The summed E-state index contributed by atoms with van der Waals surface area (Å²) in [5.41, 5.74) is 0. The maximum atomic E-state index is 6.28. The van der Waals surface area contributed by atoms with E-state index in [2.05, 4.69) is 0 Å². The Balaban J connectivity index is 1.82. The molecule has 3 saturated heterocycles. The lowest BCUT2D eigenvalue weighted by molar-refractivity contribution is -0.251. The third kappa shape index (κ3) is 3.31. The predicted molar refractivity (Wildman–Crippen MR) is 82.1 cm³/mol. The van der Waals surface area contributed by atoms with Crippen molar-refractivity contribution in [1.29, 1.82) is 0 Å². The normalized spacial score (nSPS) is 41.1. The molecule has 3 atom stereocenters. The smallest absolute Gasteiger partial charge is 0.164 e. The fourth-order valence-electron chi connectivity index (χ4n) is 2.89. The van der Waals surface area contributed by atoms with Gasteiger partial charge in [0.1, 0.15) is 18.3 Å². The summed E-state index contributed by atoms with van der Waals surface area (Å²) in [5, 5.41) is 0. The van der Waals surface area contributed by atoms with Gasteiger partial charge in [0.05, 0.1) is 11.2 Å². The van der Waals surface area contributed by atoms with Gasteiger partial charge in [0.25, 0.3) is 0 Å². The van der Waals surface area contributed by atoms with Crippen LogP contribution in [-0.4, -0.2) is 52.6 Å². The van der Waals surface area contributed by atoms with Crippen molar-refractivity contribution >= 4 is 23.5 Å². The SMILES string of the molecule is CC1(C)O[C@@H]2[C@@H](COC(C)(C)O[C@H]2C2SCCCS2)O1. The first-order valence-corrected chi connectivity index (χ1v) is 9.37. The van der Waals surface area contributed by atoms with E-state index < -0.39 is 11.6 Å². The van der Waals surface area contributed by atoms with Crippen LogP contribution in [0.2, 0.25) is 0 Å². The number of hydrogen-bond acceptors (Lipinski definition) is 6. The van der Waals surface area contributed by atoms with Crippen molar-refractivity contribution in [3.8, 4) is 0 Å². The van der Waals surface area contributed by atoms with Crippen LogP contribution in [0, 0.1) is 0 Å². The molecule has 0 aromatic heterocycles. The Bertz CT molecular complexity index is 355. The van der Waals surface area contributed by atoms with Crippen LogP contribution in [-0.2, 0) is 18.9 Å². The van der Waals surface area contributed by atoms with Gasteiger partial charge in [-0.25, -0.2) is 0 Å². The van der Waals surface area contributed by atoms with Crippen molar-refractivity contribution in [2.24, 2.45) is 0 Å². The molecule has 3 fully saturated rings. The van der Waals surface area contributed by atoms with Crippen LogP contribution in [0.5, 0.6) is 0 Å². The fourth-order valence-corrected chi connectivity index (χ4v) is 5.92. The number of fused-ring (bicyclic) bond motifs is 1. The molecular weight excluding hydrogens is 296 g/mol. The third-order valence-corrected chi connectivity index (χ3v) is 6.74. The van der Waals surface area contributed by atoms with E-state index in [0.717, 1.165) is 0 Å². The Kier molecular flexibility index (Phi) is 4.35.